The number of likely N-dealkylation sites (tertiary alicyclic amines) is 1. The van der Waals surface area contributed by atoms with Crippen molar-refractivity contribution in [2.75, 3.05) is 6.54 Å². The molecule has 1 aromatic rings. The minimum atomic E-state index is -0.526. The van der Waals surface area contributed by atoms with E-state index < -0.39 is 6.04 Å². The molecule has 1 aliphatic heterocycles. The molecule has 1 atom stereocenters. The van der Waals surface area contributed by atoms with Crippen LogP contribution in [0, 0.1) is 0 Å². The summed E-state index contributed by atoms with van der Waals surface area (Å²) in [6.07, 6.45) is 5.05. The van der Waals surface area contributed by atoms with Gasteiger partial charge in [0, 0.05) is 26.2 Å². The number of piperidine rings is 1. The van der Waals surface area contributed by atoms with Gasteiger partial charge in [0.15, 0.2) is 0 Å². The first-order valence-corrected chi connectivity index (χ1v) is 5.65. The van der Waals surface area contributed by atoms with Crippen molar-refractivity contribution in [1.29, 1.82) is 0 Å². The number of nitrogens with zero attached hydrogens (tertiary/aromatic N) is 3. The zero-order valence-electron chi connectivity index (χ0n) is 9.80. The number of carbonyl (C=O) groups excluding carboxylic acids is 2. The van der Waals surface area contributed by atoms with Gasteiger partial charge in [-0.2, -0.15) is 5.10 Å². The summed E-state index contributed by atoms with van der Waals surface area (Å²) in [6, 6.07) is -0.526. The smallest absolute Gasteiger partial charge is 0.246 e. The summed E-state index contributed by atoms with van der Waals surface area (Å²) in [5, 5.41) is 4.04. The Morgan fingerprint density at radius 2 is 2.29 bits per heavy atom. The summed E-state index contributed by atoms with van der Waals surface area (Å²) in [7, 11) is 1.83. The first-order valence-electron chi connectivity index (χ1n) is 5.65. The highest BCUT2D eigenvalue weighted by Crippen LogP contribution is 2.12. The molecule has 0 bridgehead atoms. The summed E-state index contributed by atoms with van der Waals surface area (Å²) in [4.78, 5) is 24.6. The largest absolute Gasteiger partial charge is 0.320 e. The quantitative estimate of drug-likeness (QED) is 0.713. The van der Waals surface area contributed by atoms with Gasteiger partial charge in [-0.25, -0.2) is 0 Å². The van der Waals surface area contributed by atoms with Crippen LogP contribution in [-0.4, -0.2) is 39.1 Å². The number of rotatable bonds is 3. The van der Waals surface area contributed by atoms with E-state index in [-0.39, 0.29) is 11.8 Å². The van der Waals surface area contributed by atoms with Gasteiger partial charge in [-0.05, 0) is 18.4 Å². The summed E-state index contributed by atoms with van der Waals surface area (Å²) >= 11 is 0. The second-order valence-corrected chi connectivity index (χ2v) is 4.30. The number of hydrogen-bond acceptors (Lipinski definition) is 4. The Hall–Kier alpha value is -1.69. The van der Waals surface area contributed by atoms with Crippen molar-refractivity contribution in [2.45, 2.75) is 25.3 Å². The molecule has 1 fully saturated rings. The van der Waals surface area contributed by atoms with E-state index in [4.69, 9.17) is 5.73 Å². The van der Waals surface area contributed by atoms with Gasteiger partial charge in [0.05, 0.1) is 12.2 Å². The number of aryl methyl sites for hydroxylation is 1. The predicted molar refractivity (Wildman–Crippen MR) is 60.8 cm³/mol. The minimum absolute atomic E-state index is 0.124. The molecule has 2 N–H and O–H groups in total. The van der Waals surface area contributed by atoms with Crippen molar-refractivity contribution in [3.8, 4) is 0 Å². The topological polar surface area (TPSA) is 81.2 Å². The minimum Gasteiger partial charge on any atom is -0.320 e. The Labute approximate surface area is 99.4 Å². The molecule has 1 aliphatic rings. The van der Waals surface area contributed by atoms with Gasteiger partial charge in [0.25, 0.3) is 0 Å². The monoisotopic (exact) mass is 236 g/mol. The molecule has 0 radical (unpaired) electrons. The van der Waals surface area contributed by atoms with Crippen molar-refractivity contribution < 1.29 is 9.59 Å². The van der Waals surface area contributed by atoms with Crippen molar-refractivity contribution >= 4 is 11.8 Å². The normalized spacial score (nSPS) is 21.1. The Balaban J connectivity index is 1.97. The zero-order chi connectivity index (χ0) is 12.4. The highest BCUT2D eigenvalue weighted by atomic mass is 16.2. The number of hydrogen-bond donors (Lipinski definition) is 1. The van der Waals surface area contributed by atoms with Gasteiger partial charge in [-0.3, -0.25) is 19.2 Å². The van der Waals surface area contributed by atoms with E-state index in [9.17, 15) is 9.59 Å². The van der Waals surface area contributed by atoms with Crippen molar-refractivity contribution in [3.63, 3.8) is 0 Å². The lowest BCUT2D eigenvalue weighted by atomic mass is 10.0. The first-order chi connectivity index (χ1) is 8.08. The Morgan fingerprint density at radius 3 is 2.94 bits per heavy atom. The van der Waals surface area contributed by atoms with Gasteiger partial charge in [0.1, 0.15) is 0 Å². The van der Waals surface area contributed by atoms with E-state index >= 15 is 0 Å². The van der Waals surface area contributed by atoms with Gasteiger partial charge >= 0.3 is 0 Å². The third-order valence-corrected chi connectivity index (χ3v) is 2.94. The molecule has 0 spiro atoms. The molecule has 0 saturated carbocycles. The van der Waals surface area contributed by atoms with Crippen molar-refractivity contribution in [1.82, 2.24) is 14.7 Å². The first kappa shape index (κ1) is 11.8. The van der Waals surface area contributed by atoms with Crippen molar-refractivity contribution in [2.24, 2.45) is 12.8 Å². The number of aromatic nitrogens is 2. The number of nitrogens with two attached hydrogens (primary N) is 1. The van der Waals surface area contributed by atoms with E-state index in [1.165, 1.54) is 4.90 Å². The summed E-state index contributed by atoms with van der Waals surface area (Å²) in [5.41, 5.74) is 6.65. The van der Waals surface area contributed by atoms with E-state index in [1.54, 1.807) is 10.9 Å². The molecule has 1 aromatic heterocycles. The predicted octanol–water partition coefficient (Wildman–Crippen LogP) is -0.561. The van der Waals surface area contributed by atoms with Gasteiger partial charge < -0.3 is 5.73 Å². The third kappa shape index (κ3) is 2.52. The molecular weight excluding hydrogens is 220 g/mol. The maximum absolute atomic E-state index is 11.7. The maximum Gasteiger partial charge on any atom is 0.246 e. The summed E-state index contributed by atoms with van der Waals surface area (Å²) in [6.45, 7) is 0.386. The lowest BCUT2D eigenvalue weighted by Gasteiger charge is -2.28. The molecule has 6 heteroatoms. The van der Waals surface area contributed by atoms with Crippen LogP contribution >= 0.6 is 0 Å². The molecule has 1 unspecified atom stereocenters. The van der Waals surface area contributed by atoms with Gasteiger partial charge in [-0.1, -0.05) is 0 Å². The Bertz CT molecular complexity index is 440. The van der Waals surface area contributed by atoms with Crippen LogP contribution in [0.25, 0.3) is 0 Å². The van der Waals surface area contributed by atoms with E-state index in [2.05, 4.69) is 5.10 Å². The zero-order valence-corrected chi connectivity index (χ0v) is 9.80. The molecule has 0 aromatic carbocycles. The Kier molecular flexibility index (Phi) is 3.23. The van der Waals surface area contributed by atoms with Gasteiger partial charge in [0.2, 0.25) is 11.8 Å². The number of carbonyl (C=O) groups is 2. The molecule has 2 heterocycles. The molecular formula is C11H16N4O2. The molecule has 1 saturated heterocycles. The number of imide groups is 1. The average molecular weight is 236 g/mol. The van der Waals surface area contributed by atoms with Crippen LogP contribution in [-0.2, 0) is 23.1 Å². The molecule has 2 rings (SSSR count). The Morgan fingerprint density at radius 1 is 1.53 bits per heavy atom. The molecule has 92 valence electrons. The van der Waals surface area contributed by atoms with Crippen LogP contribution in [0.15, 0.2) is 12.4 Å². The van der Waals surface area contributed by atoms with E-state index in [0.29, 0.717) is 25.8 Å². The standard InChI is InChI=1S/C11H16N4O2/c1-14-7-8(6-13-14)4-5-15-10(16)3-2-9(12)11(15)17/h6-7,9H,2-5,12H2,1H3. The molecule has 6 nitrogen and oxygen atoms in total. The molecule has 17 heavy (non-hydrogen) atoms. The highest BCUT2D eigenvalue weighted by molar-refractivity contribution is 6.00. The third-order valence-electron chi connectivity index (χ3n) is 2.94. The van der Waals surface area contributed by atoms with E-state index in [1.807, 2.05) is 13.2 Å². The second-order valence-electron chi connectivity index (χ2n) is 4.30. The number of amides is 2. The van der Waals surface area contributed by atoms with Gasteiger partial charge in [-0.15, -0.1) is 0 Å². The van der Waals surface area contributed by atoms with Crippen LogP contribution in [0.1, 0.15) is 18.4 Å². The fraction of sp³-hybridized carbons (Fsp3) is 0.545. The second kappa shape index (κ2) is 4.67. The fourth-order valence-electron chi connectivity index (χ4n) is 1.94. The average Bonchev–Trinajstić information content (AvgIpc) is 2.70. The summed E-state index contributed by atoms with van der Waals surface area (Å²) < 4.78 is 1.70. The SMILES string of the molecule is Cn1cc(CCN2C(=O)CCC(N)C2=O)cn1. The molecule has 2 amide bonds. The lowest BCUT2D eigenvalue weighted by molar-refractivity contribution is -0.149. The highest BCUT2D eigenvalue weighted by Gasteiger charge is 2.31. The molecule has 0 aliphatic carbocycles. The maximum atomic E-state index is 11.7. The lowest BCUT2D eigenvalue weighted by Crippen LogP contribution is -2.51. The summed E-state index contributed by atoms with van der Waals surface area (Å²) in [5.74, 6) is -0.384. The van der Waals surface area contributed by atoms with Crippen LogP contribution in [0.2, 0.25) is 0 Å². The van der Waals surface area contributed by atoms with Crippen LogP contribution in [0.4, 0.5) is 0 Å². The van der Waals surface area contributed by atoms with E-state index in [0.717, 1.165) is 5.56 Å². The van der Waals surface area contributed by atoms with Crippen molar-refractivity contribution in [3.05, 3.63) is 18.0 Å². The van der Waals surface area contributed by atoms with Crippen LogP contribution in [0.5, 0.6) is 0 Å². The van der Waals surface area contributed by atoms with Crippen LogP contribution < -0.4 is 5.73 Å². The van der Waals surface area contributed by atoms with Crippen LogP contribution in [0.3, 0.4) is 0 Å². The fourth-order valence-corrected chi connectivity index (χ4v) is 1.94.